The number of aromatic nitrogens is 3. The zero-order valence-corrected chi connectivity index (χ0v) is 18.2. The van der Waals surface area contributed by atoms with Crippen molar-refractivity contribution in [3.05, 3.63) is 65.4 Å². The lowest BCUT2D eigenvalue weighted by molar-refractivity contribution is -0.113. The maximum atomic E-state index is 13.8. The Hall–Kier alpha value is -3.38. The van der Waals surface area contributed by atoms with E-state index in [1.54, 1.807) is 35.2 Å². The van der Waals surface area contributed by atoms with Gasteiger partial charge in [0.25, 0.3) is 0 Å². The van der Waals surface area contributed by atoms with Crippen molar-refractivity contribution >= 4 is 29.4 Å². The first-order chi connectivity index (χ1) is 15.0. The van der Waals surface area contributed by atoms with Crippen LogP contribution in [0, 0.1) is 31.0 Å². The summed E-state index contributed by atoms with van der Waals surface area (Å²) in [5.74, 6) is 1.38. The lowest BCUT2D eigenvalue weighted by Gasteiger charge is -2.13. The number of amides is 1. The molecule has 0 bridgehead atoms. The van der Waals surface area contributed by atoms with Crippen LogP contribution in [-0.4, -0.2) is 38.5 Å². The molecule has 0 aliphatic heterocycles. The third-order valence-electron chi connectivity index (χ3n) is 4.70. The smallest absolute Gasteiger partial charge is 0.235 e. The number of thioether (sulfide) groups is 1. The monoisotopic (exact) mass is 438 g/mol. The molecule has 2 heterocycles. The Morgan fingerprint density at radius 1 is 1.26 bits per heavy atom. The number of nitriles is 1. The number of carbonyl (C=O) groups is 1. The third kappa shape index (κ3) is 5.61. The van der Waals surface area contributed by atoms with Gasteiger partial charge in [0.05, 0.1) is 17.0 Å². The molecule has 31 heavy (non-hydrogen) atoms. The highest BCUT2D eigenvalue weighted by Crippen LogP contribution is 2.30. The Kier molecular flexibility index (Phi) is 7.62. The van der Waals surface area contributed by atoms with Crippen molar-refractivity contribution < 1.29 is 9.18 Å². The van der Waals surface area contributed by atoms with Crippen LogP contribution in [0.5, 0.6) is 0 Å². The van der Waals surface area contributed by atoms with Crippen LogP contribution >= 0.6 is 11.8 Å². The second kappa shape index (κ2) is 10.6. The van der Waals surface area contributed by atoms with E-state index in [4.69, 9.17) is 0 Å². The van der Waals surface area contributed by atoms with Gasteiger partial charge in [0.1, 0.15) is 17.7 Å². The van der Waals surface area contributed by atoms with Crippen LogP contribution in [0.15, 0.2) is 42.7 Å². The molecule has 1 aromatic carbocycles. The quantitative estimate of drug-likeness (QED) is 0.489. The number of nitrogens with one attached hydrogen (secondary N) is 2. The van der Waals surface area contributed by atoms with Crippen LogP contribution in [0.1, 0.15) is 23.2 Å². The van der Waals surface area contributed by atoms with Crippen LogP contribution < -0.4 is 10.6 Å². The molecule has 2 N–H and O–H groups in total. The van der Waals surface area contributed by atoms with Crippen LogP contribution in [0.25, 0.3) is 5.69 Å². The molecule has 7 nitrogen and oxygen atoms in total. The van der Waals surface area contributed by atoms with Gasteiger partial charge in [0, 0.05) is 24.6 Å². The van der Waals surface area contributed by atoms with E-state index in [1.165, 1.54) is 23.9 Å². The molecule has 0 atom stereocenters. The molecule has 0 spiro atoms. The Bertz CT molecular complexity index is 1090. The van der Waals surface area contributed by atoms with E-state index >= 15 is 0 Å². The minimum Gasteiger partial charge on any atom is -0.354 e. The second-order valence-corrected chi connectivity index (χ2v) is 7.92. The van der Waals surface area contributed by atoms with E-state index in [0.717, 1.165) is 23.4 Å². The molecule has 0 saturated heterocycles. The molecule has 0 fully saturated rings. The summed E-state index contributed by atoms with van der Waals surface area (Å²) in [6.07, 6.45) is 4.19. The largest absolute Gasteiger partial charge is 0.354 e. The molecule has 0 unspecified atom stereocenters. The predicted molar refractivity (Wildman–Crippen MR) is 121 cm³/mol. The van der Waals surface area contributed by atoms with E-state index in [1.807, 2.05) is 13.8 Å². The SMILES string of the molecule is Cc1c(C#N)c(NC(=O)CSCCCNc2ncccn2)n(-c2cccc(F)c2)c1C. The summed E-state index contributed by atoms with van der Waals surface area (Å²) < 4.78 is 15.5. The zero-order chi connectivity index (χ0) is 22.2. The van der Waals surface area contributed by atoms with Gasteiger partial charge in [-0.2, -0.15) is 17.0 Å². The minimum absolute atomic E-state index is 0.212. The van der Waals surface area contributed by atoms with Crippen molar-refractivity contribution in [2.24, 2.45) is 0 Å². The molecule has 9 heteroatoms. The number of carbonyl (C=O) groups excluding carboxylic acids is 1. The molecule has 0 radical (unpaired) electrons. The summed E-state index contributed by atoms with van der Waals surface area (Å²) in [5.41, 5.74) is 2.47. The van der Waals surface area contributed by atoms with Crippen LogP contribution in [0.2, 0.25) is 0 Å². The lowest BCUT2D eigenvalue weighted by Crippen LogP contribution is -2.18. The summed E-state index contributed by atoms with van der Waals surface area (Å²) in [6, 6.07) is 9.98. The molecule has 2 aromatic heterocycles. The summed E-state index contributed by atoms with van der Waals surface area (Å²) >= 11 is 1.50. The van der Waals surface area contributed by atoms with Gasteiger partial charge in [0.2, 0.25) is 11.9 Å². The van der Waals surface area contributed by atoms with E-state index in [2.05, 4.69) is 26.7 Å². The summed E-state index contributed by atoms with van der Waals surface area (Å²) in [4.78, 5) is 20.7. The summed E-state index contributed by atoms with van der Waals surface area (Å²) in [7, 11) is 0. The average Bonchev–Trinajstić information content (AvgIpc) is 3.00. The Balaban J connectivity index is 1.59. The van der Waals surface area contributed by atoms with Crippen molar-refractivity contribution in [2.45, 2.75) is 20.3 Å². The van der Waals surface area contributed by atoms with Gasteiger partial charge < -0.3 is 10.6 Å². The molecular weight excluding hydrogens is 415 g/mol. The number of hydrogen-bond acceptors (Lipinski definition) is 6. The van der Waals surface area contributed by atoms with Crippen molar-refractivity contribution in [1.29, 1.82) is 5.26 Å². The van der Waals surface area contributed by atoms with Crippen LogP contribution in [-0.2, 0) is 4.79 Å². The molecule has 1 amide bonds. The van der Waals surface area contributed by atoms with Crippen molar-refractivity contribution in [2.75, 3.05) is 28.7 Å². The molecular formula is C22H23FN6OS. The number of nitrogens with zero attached hydrogens (tertiary/aromatic N) is 4. The predicted octanol–water partition coefficient (Wildman–Crippen LogP) is 4.07. The van der Waals surface area contributed by atoms with Crippen molar-refractivity contribution in [3.63, 3.8) is 0 Å². The highest BCUT2D eigenvalue weighted by atomic mass is 32.2. The maximum Gasteiger partial charge on any atom is 0.235 e. The normalized spacial score (nSPS) is 10.5. The number of hydrogen-bond donors (Lipinski definition) is 2. The molecule has 0 aliphatic rings. The highest BCUT2D eigenvalue weighted by Gasteiger charge is 2.20. The number of benzene rings is 1. The van der Waals surface area contributed by atoms with Crippen molar-refractivity contribution in [3.8, 4) is 11.8 Å². The topological polar surface area (TPSA) is 95.6 Å². The van der Waals surface area contributed by atoms with Gasteiger partial charge in [-0.1, -0.05) is 6.07 Å². The van der Waals surface area contributed by atoms with Crippen LogP contribution in [0.3, 0.4) is 0 Å². The minimum atomic E-state index is -0.385. The number of halogens is 1. The first-order valence-corrected chi connectivity index (χ1v) is 10.9. The Morgan fingerprint density at radius 3 is 2.74 bits per heavy atom. The number of rotatable bonds is 9. The van der Waals surface area contributed by atoms with Crippen LogP contribution in [0.4, 0.5) is 16.2 Å². The van der Waals surface area contributed by atoms with Gasteiger partial charge in [-0.15, -0.1) is 0 Å². The Labute approximate surface area is 184 Å². The molecule has 3 aromatic rings. The number of anilines is 2. The second-order valence-electron chi connectivity index (χ2n) is 6.81. The lowest BCUT2D eigenvalue weighted by atomic mass is 10.2. The highest BCUT2D eigenvalue weighted by molar-refractivity contribution is 7.99. The standard InChI is InChI=1S/C22H23FN6OS/c1-15-16(2)29(18-7-3-6-17(23)12-18)21(19(15)13-24)28-20(30)14-31-11-5-10-27-22-25-8-4-9-26-22/h3-4,6-9,12H,5,10-11,14H2,1-2H3,(H,28,30)(H,25,26,27). The summed E-state index contributed by atoms with van der Waals surface area (Å²) in [5, 5.41) is 15.6. The van der Waals surface area contributed by atoms with Gasteiger partial charge in [-0.05, 0) is 55.9 Å². The van der Waals surface area contributed by atoms with Crippen molar-refractivity contribution in [1.82, 2.24) is 14.5 Å². The van der Waals surface area contributed by atoms with E-state index < -0.39 is 0 Å². The van der Waals surface area contributed by atoms with Gasteiger partial charge in [-0.25, -0.2) is 14.4 Å². The van der Waals surface area contributed by atoms with E-state index in [9.17, 15) is 14.4 Å². The molecule has 0 aliphatic carbocycles. The molecule has 3 rings (SSSR count). The Morgan fingerprint density at radius 2 is 2.03 bits per heavy atom. The fourth-order valence-electron chi connectivity index (χ4n) is 3.10. The first-order valence-electron chi connectivity index (χ1n) is 9.77. The van der Waals surface area contributed by atoms with E-state index in [0.29, 0.717) is 29.6 Å². The average molecular weight is 439 g/mol. The van der Waals surface area contributed by atoms with Gasteiger partial charge in [0.15, 0.2) is 0 Å². The summed E-state index contributed by atoms with van der Waals surface area (Å²) in [6.45, 7) is 4.37. The molecule has 160 valence electrons. The van der Waals surface area contributed by atoms with Gasteiger partial charge >= 0.3 is 0 Å². The zero-order valence-electron chi connectivity index (χ0n) is 17.4. The fraction of sp³-hybridized carbons (Fsp3) is 0.273. The van der Waals surface area contributed by atoms with Gasteiger partial charge in [-0.3, -0.25) is 9.36 Å². The van der Waals surface area contributed by atoms with E-state index in [-0.39, 0.29) is 17.5 Å². The molecule has 0 saturated carbocycles. The first kappa shape index (κ1) is 22.3. The fourth-order valence-corrected chi connectivity index (χ4v) is 3.85. The third-order valence-corrected chi connectivity index (χ3v) is 5.74. The maximum absolute atomic E-state index is 13.8.